The Morgan fingerprint density at radius 3 is 2.71 bits per heavy atom. The van der Waals surface area contributed by atoms with E-state index in [-0.39, 0.29) is 23.5 Å². The number of hydrogen-bond donors (Lipinski definition) is 1. The van der Waals surface area contributed by atoms with Crippen LogP contribution in [-0.4, -0.2) is 46.4 Å². The van der Waals surface area contributed by atoms with Crippen molar-refractivity contribution in [2.75, 3.05) is 13.1 Å². The van der Waals surface area contributed by atoms with Gasteiger partial charge in [-0.3, -0.25) is 14.9 Å². The third kappa shape index (κ3) is 3.20. The van der Waals surface area contributed by atoms with E-state index < -0.39 is 0 Å². The second-order valence-electron chi connectivity index (χ2n) is 7.38. The smallest absolute Gasteiger partial charge is 0.241 e. The zero-order valence-corrected chi connectivity index (χ0v) is 14.7. The molecular weight excluding hydrogens is 306 g/mol. The number of nitrogens with zero attached hydrogens (tertiary/aromatic N) is 2. The predicted octanol–water partition coefficient (Wildman–Crippen LogP) is 1.96. The lowest BCUT2D eigenvalue weighted by atomic mass is 9.95. The number of furan rings is 1. The molecule has 24 heavy (non-hydrogen) atoms. The van der Waals surface area contributed by atoms with Crippen LogP contribution in [0.4, 0.5) is 0 Å². The van der Waals surface area contributed by atoms with Gasteiger partial charge < -0.3 is 14.2 Å². The highest BCUT2D eigenvalue weighted by Crippen LogP contribution is 2.34. The van der Waals surface area contributed by atoms with Crippen LogP contribution >= 0.6 is 0 Å². The standard InChI is InChI=1S/C18H27N3O3/c1-13(2)11-16(22)20-8-6-18(7-9-20)19-14(3)17(23)21(18)12-15-5-4-10-24-15/h4-5,10,13-14,19H,6-9,11-12H2,1-3H3. The molecule has 0 saturated carbocycles. The summed E-state index contributed by atoms with van der Waals surface area (Å²) in [6, 6.07) is 3.54. The van der Waals surface area contributed by atoms with Gasteiger partial charge in [0.2, 0.25) is 11.8 Å². The molecule has 3 rings (SSSR count). The molecule has 132 valence electrons. The van der Waals surface area contributed by atoms with Gasteiger partial charge in [0.05, 0.1) is 24.5 Å². The molecule has 2 aliphatic rings. The number of carbonyl (C=O) groups excluding carboxylic acids is 2. The molecule has 0 bridgehead atoms. The maximum absolute atomic E-state index is 12.6. The summed E-state index contributed by atoms with van der Waals surface area (Å²) in [5, 5.41) is 3.48. The second kappa shape index (κ2) is 6.59. The summed E-state index contributed by atoms with van der Waals surface area (Å²) in [4.78, 5) is 28.7. The van der Waals surface area contributed by atoms with Crippen LogP contribution in [0.15, 0.2) is 22.8 Å². The van der Waals surface area contributed by atoms with Crippen LogP contribution in [0.2, 0.25) is 0 Å². The Hall–Kier alpha value is -1.82. The van der Waals surface area contributed by atoms with Gasteiger partial charge in [-0.25, -0.2) is 0 Å². The molecule has 1 aromatic heterocycles. The van der Waals surface area contributed by atoms with Crippen molar-refractivity contribution in [1.82, 2.24) is 15.1 Å². The van der Waals surface area contributed by atoms with E-state index in [1.165, 1.54) is 0 Å². The van der Waals surface area contributed by atoms with Crippen molar-refractivity contribution >= 4 is 11.8 Å². The van der Waals surface area contributed by atoms with Crippen LogP contribution in [0, 0.1) is 5.92 Å². The first-order chi connectivity index (χ1) is 11.4. The number of amides is 2. The summed E-state index contributed by atoms with van der Waals surface area (Å²) >= 11 is 0. The monoisotopic (exact) mass is 333 g/mol. The maximum atomic E-state index is 12.6. The Morgan fingerprint density at radius 2 is 2.12 bits per heavy atom. The van der Waals surface area contributed by atoms with Gasteiger partial charge in [-0.1, -0.05) is 13.8 Å². The molecule has 6 heteroatoms. The van der Waals surface area contributed by atoms with Gasteiger partial charge in [0.1, 0.15) is 5.76 Å². The van der Waals surface area contributed by atoms with Crippen LogP contribution in [0.5, 0.6) is 0 Å². The molecule has 1 unspecified atom stereocenters. The fourth-order valence-corrected chi connectivity index (χ4v) is 3.79. The summed E-state index contributed by atoms with van der Waals surface area (Å²) < 4.78 is 5.43. The van der Waals surface area contributed by atoms with Crippen molar-refractivity contribution in [1.29, 1.82) is 0 Å². The largest absolute Gasteiger partial charge is 0.467 e. The van der Waals surface area contributed by atoms with E-state index in [0.29, 0.717) is 32.0 Å². The lowest BCUT2D eigenvalue weighted by molar-refractivity contribution is -0.138. The molecule has 1 aromatic rings. The molecule has 2 saturated heterocycles. The molecule has 1 spiro atoms. The number of nitrogens with one attached hydrogen (secondary N) is 1. The minimum atomic E-state index is -0.363. The van der Waals surface area contributed by atoms with E-state index >= 15 is 0 Å². The number of piperidine rings is 1. The highest BCUT2D eigenvalue weighted by molar-refractivity contribution is 5.85. The minimum absolute atomic E-state index is 0.105. The van der Waals surface area contributed by atoms with E-state index in [4.69, 9.17) is 4.42 Å². The molecular formula is C18H27N3O3. The molecule has 6 nitrogen and oxygen atoms in total. The number of hydrogen-bond acceptors (Lipinski definition) is 4. The van der Waals surface area contributed by atoms with Gasteiger partial charge in [0.15, 0.2) is 0 Å². The molecule has 3 heterocycles. The summed E-state index contributed by atoms with van der Waals surface area (Å²) in [7, 11) is 0. The lowest BCUT2D eigenvalue weighted by Gasteiger charge is -2.44. The summed E-state index contributed by atoms with van der Waals surface area (Å²) in [5.41, 5.74) is -0.363. The second-order valence-corrected chi connectivity index (χ2v) is 7.38. The number of carbonyl (C=O) groups is 2. The predicted molar refractivity (Wildman–Crippen MR) is 89.9 cm³/mol. The molecule has 2 fully saturated rings. The van der Waals surface area contributed by atoms with Gasteiger partial charge >= 0.3 is 0 Å². The van der Waals surface area contributed by atoms with Crippen molar-refractivity contribution in [3.8, 4) is 0 Å². The van der Waals surface area contributed by atoms with Gasteiger partial charge in [-0.15, -0.1) is 0 Å². The maximum Gasteiger partial charge on any atom is 0.241 e. The Kier molecular flexibility index (Phi) is 4.67. The van der Waals surface area contributed by atoms with E-state index in [1.54, 1.807) is 6.26 Å². The topological polar surface area (TPSA) is 65.8 Å². The van der Waals surface area contributed by atoms with Crippen LogP contribution < -0.4 is 5.32 Å². The van der Waals surface area contributed by atoms with Crippen molar-refractivity contribution in [3.05, 3.63) is 24.2 Å². The van der Waals surface area contributed by atoms with E-state index in [9.17, 15) is 9.59 Å². The summed E-state index contributed by atoms with van der Waals surface area (Å²) in [6.45, 7) is 7.88. The fraction of sp³-hybridized carbons (Fsp3) is 0.667. The normalized spacial score (nSPS) is 23.5. The number of likely N-dealkylation sites (tertiary alicyclic amines) is 1. The fourth-order valence-electron chi connectivity index (χ4n) is 3.79. The first-order valence-corrected chi connectivity index (χ1v) is 8.80. The van der Waals surface area contributed by atoms with Crippen LogP contribution in [-0.2, 0) is 16.1 Å². The van der Waals surface area contributed by atoms with Gasteiger partial charge in [-0.2, -0.15) is 0 Å². The summed E-state index contributed by atoms with van der Waals surface area (Å²) in [5.74, 6) is 1.48. The third-order valence-electron chi connectivity index (χ3n) is 5.06. The van der Waals surface area contributed by atoms with Crippen LogP contribution in [0.1, 0.15) is 45.8 Å². The van der Waals surface area contributed by atoms with Gasteiger partial charge in [0, 0.05) is 32.4 Å². The molecule has 1 atom stereocenters. The quantitative estimate of drug-likeness (QED) is 0.915. The Balaban J connectivity index is 1.70. The van der Waals surface area contributed by atoms with E-state index in [2.05, 4.69) is 19.2 Å². The molecule has 0 aliphatic carbocycles. The SMILES string of the molecule is CC(C)CC(=O)N1CCC2(CC1)NC(C)C(=O)N2Cc1ccco1. The highest BCUT2D eigenvalue weighted by Gasteiger charge is 2.50. The molecule has 1 N–H and O–H groups in total. The zero-order valence-electron chi connectivity index (χ0n) is 14.7. The van der Waals surface area contributed by atoms with Crippen molar-refractivity contribution < 1.29 is 14.0 Å². The van der Waals surface area contributed by atoms with Crippen LogP contribution in [0.3, 0.4) is 0 Å². The first-order valence-electron chi connectivity index (χ1n) is 8.80. The Labute approximate surface area is 143 Å². The minimum Gasteiger partial charge on any atom is -0.467 e. The average Bonchev–Trinajstić information content (AvgIpc) is 3.11. The van der Waals surface area contributed by atoms with Gasteiger partial charge in [-0.05, 0) is 25.0 Å². The van der Waals surface area contributed by atoms with Crippen molar-refractivity contribution in [2.24, 2.45) is 5.92 Å². The molecule has 2 aliphatic heterocycles. The first kappa shape index (κ1) is 17.0. The summed E-state index contributed by atoms with van der Waals surface area (Å²) in [6.07, 6.45) is 3.74. The van der Waals surface area contributed by atoms with E-state index in [0.717, 1.165) is 18.6 Å². The molecule has 0 aromatic carbocycles. The Morgan fingerprint density at radius 1 is 1.42 bits per heavy atom. The van der Waals surface area contributed by atoms with Crippen molar-refractivity contribution in [2.45, 2.75) is 58.3 Å². The molecule has 2 amide bonds. The Bertz CT molecular complexity index is 589. The average molecular weight is 333 g/mol. The van der Waals surface area contributed by atoms with E-state index in [1.807, 2.05) is 28.9 Å². The third-order valence-corrected chi connectivity index (χ3v) is 5.06. The van der Waals surface area contributed by atoms with Crippen molar-refractivity contribution in [3.63, 3.8) is 0 Å². The molecule has 0 radical (unpaired) electrons. The zero-order chi connectivity index (χ0) is 17.3. The van der Waals surface area contributed by atoms with Gasteiger partial charge in [0.25, 0.3) is 0 Å². The number of rotatable bonds is 4. The lowest BCUT2D eigenvalue weighted by Crippen LogP contribution is -2.59. The highest BCUT2D eigenvalue weighted by atomic mass is 16.3. The van der Waals surface area contributed by atoms with Crippen LogP contribution in [0.25, 0.3) is 0 Å².